The van der Waals surface area contributed by atoms with Gasteiger partial charge in [0.15, 0.2) is 0 Å². The van der Waals surface area contributed by atoms with E-state index < -0.39 is 0 Å². The van der Waals surface area contributed by atoms with Crippen LogP contribution in [0.3, 0.4) is 0 Å². The van der Waals surface area contributed by atoms with Crippen molar-refractivity contribution in [2.45, 2.75) is 31.6 Å². The van der Waals surface area contributed by atoms with Crippen LogP contribution in [0.5, 0.6) is 0 Å². The number of hydrogen-bond donors (Lipinski definition) is 2. The topological polar surface area (TPSA) is 43.0 Å². The maximum Gasteiger partial charge on any atom is 0.105 e. The van der Waals surface area contributed by atoms with Gasteiger partial charge in [-0.05, 0) is 103 Å². The Morgan fingerprint density at radius 2 is 1.20 bits per heavy atom. The Kier molecular flexibility index (Phi) is 8.29. The molecule has 0 spiro atoms. The fraction of sp³-hybridized carbons (Fsp3) is 0.0943. The third-order valence-electron chi connectivity index (χ3n) is 11.9. The van der Waals surface area contributed by atoms with Gasteiger partial charge in [-0.1, -0.05) is 172 Å². The van der Waals surface area contributed by atoms with Crippen molar-refractivity contribution >= 4 is 38.7 Å². The van der Waals surface area contributed by atoms with Crippen molar-refractivity contribution in [2.75, 3.05) is 0 Å². The fourth-order valence-corrected chi connectivity index (χ4v) is 8.96. The van der Waals surface area contributed by atoms with Crippen LogP contribution in [0.15, 0.2) is 188 Å². The van der Waals surface area contributed by atoms with E-state index in [1.54, 1.807) is 0 Å². The molecule has 270 valence electrons. The van der Waals surface area contributed by atoms with Crippen LogP contribution in [0.1, 0.15) is 48.4 Å². The molecule has 0 aliphatic heterocycles. The van der Waals surface area contributed by atoms with Crippen LogP contribution in [0.2, 0.25) is 0 Å². The molecule has 10 rings (SSSR count). The molecule has 0 radical (unpaired) electrons. The molecule has 1 aliphatic rings. The first-order chi connectivity index (χ1) is 27.4. The quantitative estimate of drug-likeness (QED) is 0.153. The number of rotatable bonds is 8. The first-order valence-corrected chi connectivity index (χ1v) is 19.5. The molecule has 1 aromatic heterocycles. The molecule has 2 unspecified atom stereocenters. The van der Waals surface area contributed by atoms with E-state index in [1.165, 1.54) is 66.1 Å². The van der Waals surface area contributed by atoms with Gasteiger partial charge in [-0.3, -0.25) is 5.32 Å². The van der Waals surface area contributed by atoms with Crippen molar-refractivity contribution in [1.29, 1.82) is 0 Å². The van der Waals surface area contributed by atoms with E-state index in [2.05, 4.69) is 200 Å². The highest BCUT2D eigenvalue weighted by Crippen LogP contribution is 2.53. The van der Waals surface area contributed by atoms with Gasteiger partial charge in [0.25, 0.3) is 0 Å². The van der Waals surface area contributed by atoms with E-state index in [9.17, 15) is 0 Å². The number of nitrogens with two attached hydrogens (primary N) is 1. The molecule has 56 heavy (non-hydrogen) atoms. The van der Waals surface area contributed by atoms with Gasteiger partial charge in [-0.2, -0.15) is 0 Å². The van der Waals surface area contributed by atoms with Crippen molar-refractivity contribution in [2.24, 2.45) is 5.73 Å². The number of nitrogens with one attached hydrogen (secondary N) is 1. The molecule has 2 atom stereocenters. The second kappa shape index (κ2) is 13.6. The molecular formula is C53H43N3. The van der Waals surface area contributed by atoms with Gasteiger partial charge in [0.2, 0.25) is 0 Å². The lowest BCUT2D eigenvalue weighted by molar-refractivity contribution is 0.433. The van der Waals surface area contributed by atoms with E-state index in [0.717, 1.165) is 22.2 Å². The zero-order chi connectivity index (χ0) is 37.8. The molecule has 1 heterocycles. The average molecular weight is 722 g/mol. The van der Waals surface area contributed by atoms with Gasteiger partial charge in [0, 0.05) is 16.2 Å². The number of nitrogens with zero attached hydrogens (tertiary/aromatic N) is 1. The zero-order valence-electron chi connectivity index (χ0n) is 31.7. The average Bonchev–Trinajstić information content (AvgIpc) is 3.69. The highest BCUT2D eigenvalue weighted by atomic mass is 15.2. The predicted octanol–water partition coefficient (Wildman–Crippen LogP) is 13.0. The van der Waals surface area contributed by atoms with Crippen LogP contribution < -0.4 is 11.1 Å². The van der Waals surface area contributed by atoms with E-state index in [1.807, 2.05) is 18.2 Å². The molecule has 3 heteroatoms. The number of hydrogen-bond acceptors (Lipinski definition) is 2. The van der Waals surface area contributed by atoms with Gasteiger partial charge in [-0.15, -0.1) is 0 Å². The summed E-state index contributed by atoms with van der Waals surface area (Å²) in [5.41, 5.74) is 21.7. The van der Waals surface area contributed by atoms with Crippen molar-refractivity contribution in [3.63, 3.8) is 0 Å². The Hall–Kier alpha value is -6.52. The standard InChI is InChI=1S/C53H43N3/c1-53(2)46-22-13-21-42(51(46)45-33-39-18-9-10-19-40(39)34-47(45)53)37-27-24-35(25-28-37)26-31-50(55-52(54)38-16-7-4-8-17-38)56-48-23-12-11-20-43(48)44-32-41(29-30-49(44)56)36-14-5-3-6-15-36/h3-34,50,52,55H,54H2,1-2H3/b31-26+. The lowest BCUT2D eigenvalue weighted by Gasteiger charge is -2.24. The predicted molar refractivity (Wildman–Crippen MR) is 236 cm³/mol. The smallest absolute Gasteiger partial charge is 0.105 e. The van der Waals surface area contributed by atoms with E-state index in [4.69, 9.17) is 5.73 Å². The van der Waals surface area contributed by atoms with Crippen molar-refractivity contribution in [1.82, 2.24) is 9.88 Å². The Morgan fingerprint density at radius 1 is 0.536 bits per heavy atom. The van der Waals surface area contributed by atoms with Crippen LogP contribution >= 0.6 is 0 Å². The van der Waals surface area contributed by atoms with Gasteiger partial charge in [0.1, 0.15) is 6.17 Å². The van der Waals surface area contributed by atoms with Crippen LogP contribution in [-0.2, 0) is 5.41 Å². The largest absolute Gasteiger partial charge is 0.321 e. The van der Waals surface area contributed by atoms with E-state index >= 15 is 0 Å². The first-order valence-electron chi connectivity index (χ1n) is 19.5. The third kappa shape index (κ3) is 5.76. The van der Waals surface area contributed by atoms with Crippen LogP contribution in [-0.4, -0.2) is 4.57 Å². The summed E-state index contributed by atoms with van der Waals surface area (Å²) in [5, 5.41) is 8.79. The highest BCUT2D eigenvalue weighted by Gasteiger charge is 2.37. The second-order valence-corrected chi connectivity index (χ2v) is 15.6. The van der Waals surface area contributed by atoms with Gasteiger partial charge in [-0.25, -0.2) is 0 Å². The lowest BCUT2D eigenvalue weighted by Crippen LogP contribution is -2.34. The molecule has 9 aromatic rings. The summed E-state index contributed by atoms with van der Waals surface area (Å²) in [5.74, 6) is 0. The van der Waals surface area contributed by atoms with Crippen LogP contribution in [0.25, 0.3) is 72.0 Å². The minimum Gasteiger partial charge on any atom is -0.321 e. The minimum absolute atomic E-state index is 0.0775. The molecule has 0 amide bonds. The number of benzene rings is 8. The van der Waals surface area contributed by atoms with Gasteiger partial charge >= 0.3 is 0 Å². The normalized spacial score (nSPS) is 14.3. The van der Waals surface area contributed by atoms with E-state index in [0.29, 0.717) is 0 Å². The summed E-state index contributed by atoms with van der Waals surface area (Å²) in [6.45, 7) is 4.72. The summed E-state index contributed by atoms with van der Waals surface area (Å²) < 4.78 is 2.39. The summed E-state index contributed by atoms with van der Waals surface area (Å²) >= 11 is 0. The van der Waals surface area contributed by atoms with Crippen LogP contribution in [0.4, 0.5) is 0 Å². The lowest BCUT2D eigenvalue weighted by atomic mass is 9.81. The molecule has 3 N–H and O–H groups in total. The zero-order valence-corrected chi connectivity index (χ0v) is 31.7. The Morgan fingerprint density at radius 3 is 1.98 bits per heavy atom. The summed E-state index contributed by atoms with van der Waals surface area (Å²) in [4.78, 5) is 0. The molecule has 0 fully saturated rings. The second-order valence-electron chi connectivity index (χ2n) is 15.6. The van der Waals surface area contributed by atoms with Gasteiger partial charge < -0.3 is 10.3 Å². The monoisotopic (exact) mass is 721 g/mol. The SMILES string of the molecule is CC1(C)c2cc3ccccc3cc2-c2c(-c3ccc(/C=C/C(NC(N)c4ccccc4)n4c5ccccc5c5cc(-c6ccccc6)ccc54)cc3)cccc21. The third-order valence-corrected chi connectivity index (χ3v) is 11.9. The maximum absolute atomic E-state index is 6.91. The Bertz CT molecular complexity index is 2920. The van der Waals surface area contributed by atoms with Crippen LogP contribution in [0, 0.1) is 0 Å². The Labute approximate surface area is 328 Å². The first kappa shape index (κ1) is 34.0. The van der Waals surface area contributed by atoms with Crippen molar-refractivity contribution < 1.29 is 0 Å². The maximum atomic E-state index is 6.91. The molecule has 8 aromatic carbocycles. The van der Waals surface area contributed by atoms with E-state index in [-0.39, 0.29) is 17.7 Å². The summed E-state index contributed by atoms with van der Waals surface area (Å²) in [6, 6.07) is 65.7. The summed E-state index contributed by atoms with van der Waals surface area (Å²) in [6.07, 6.45) is 3.86. The van der Waals surface area contributed by atoms with Gasteiger partial charge in [0.05, 0.1) is 17.2 Å². The molecule has 3 nitrogen and oxygen atoms in total. The highest BCUT2D eigenvalue weighted by molar-refractivity contribution is 6.09. The molecule has 1 aliphatic carbocycles. The minimum atomic E-state index is -0.377. The molecule has 0 saturated carbocycles. The van der Waals surface area contributed by atoms with Crippen molar-refractivity contribution in [3.8, 4) is 33.4 Å². The fourth-order valence-electron chi connectivity index (χ4n) is 8.96. The number of aromatic nitrogens is 1. The number of fused-ring (bicyclic) bond motifs is 7. The summed E-state index contributed by atoms with van der Waals surface area (Å²) in [7, 11) is 0. The molecular weight excluding hydrogens is 679 g/mol. The van der Waals surface area contributed by atoms with Crippen molar-refractivity contribution in [3.05, 3.63) is 210 Å². The molecule has 0 saturated heterocycles. The Balaban J connectivity index is 1.04. The number of para-hydroxylation sites is 1. The molecule has 0 bridgehead atoms.